The van der Waals surface area contributed by atoms with Crippen molar-refractivity contribution in [3.63, 3.8) is 0 Å². The van der Waals surface area contributed by atoms with Gasteiger partial charge in [0.2, 0.25) is 11.8 Å². The van der Waals surface area contributed by atoms with Crippen LogP contribution in [0.25, 0.3) is 0 Å². The van der Waals surface area contributed by atoms with Crippen LogP contribution in [0, 0.1) is 12.8 Å². The van der Waals surface area contributed by atoms with Gasteiger partial charge in [-0.3, -0.25) is 9.59 Å². The number of carbonyl (C=O) groups excluding carboxylic acids is 2. The third kappa shape index (κ3) is 11.1. The summed E-state index contributed by atoms with van der Waals surface area (Å²) in [6.07, 6.45) is -8.63. The lowest BCUT2D eigenvalue weighted by molar-refractivity contribution is -0.143. The molecule has 0 spiro atoms. The first-order valence-electron chi connectivity index (χ1n) is 16.4. The van der Waals surface area contributed by atoms with Crippen LogP contribution >= 0.6 is 0 Å². The van der Waals surface area contributed by atoms with E-state index in [4.69, 9.17) is 5.73 Å². The Morgan fingerprint density at radius 1 is 0.620 bits per heavy atom. The van der Waals surface area contributed by atoms with Crippen molar-refractivity contribution in [1.29, 1.82) is 0 Å². The van der Waals surface area contributed by atoms with Crippen LogP contribution in [0.2, 0.25) is 0 Å². The second-order valence-electron chi connectivity index (χ2n) is 14.2. The molecule has 2 unspecified atom stereocenters. The van der Waals surface area contributed by atoms with Crippen LogP contribution in [0.4, 0.5) is 39.5 Å². The Morgan fingerprint density at radius 3 is 1.48 bits per heavy atom. The number of halogens is 9. The molecule has 5 N–H and O–H groups in total. The highest BCUT2D eigenvalue weighted by atomic mass is 19.4. The van der Waals surface area contributed by atoms with Gasteiger partial charge in [-0.05, 0) is 108 Å². The van der Waals surface area contributed by atoms with E-state index in [1.165, 1.54) is 13.8 Å². The fourth-order valence-corrected chi connectivity index (χ4v) is 6.12. The number of rotatable bonds is 6. The van der Waals surface area contributed by atoms with E-state index in [9.17, 15) is 49.1 Å². The Balaban J connectivity index is 0.000000274. The minimum atomic E-state index is -4.94. The molecule has 3 atom stereocenters. The lowest BCUT2D eigenvalue weighted by Crippen LogP contribution is -2.52. The summed E-state index contributed by atoms with van der Waals surface area (Å²) in [5.74, 6) is -1.13. The number of piperidine rings is 1. The van der Waals surface area contributed by atoms with Gasteiger partial charge in [-0.25, -0.2) is 0 Å². The molecule has 2 aromatic carbocycles. The molecule has 0 radical (unpaired) electrons. The number of amides is 2. The Kier molecular flexibility index (Phi) is 12.7. The van der Waals surface area contributed by atoms with Crippen LogP contribution in [0.15, 0.2) is 36.4 Å². The number of alkyl halides is 9. The molecule has 15 heteroatoms. The average molecular weight is 725 g/mol. The van der Waals surface area contributed by atoms with E-state index in [0.29, 0.717) is 36.1 Å². The minimum Gasteiger partial charge on any atom is -0.347 e. The van der Waals surface area contributed by atoms with Crippen LogP contribution in [0.5, 0.6) is 0 Å². The molecule has 1 saturated carbocycles. The van der Waals surface area contributed by atoms with Crippen LogP contribution in [-0.4, -0.2) is 30.4 Å². The van der Waals surface area contributed by atoms with Gasteiger partial charge in [0.25, 0.3) is 0 Å². The normalized spacial score (nSPS) is 20.7. The van der Waals surface area contributed by atoms with Gasteiger partial charge in [-0.15, -0.1) is 0 Å². The molecule has 2 aromatic rings. The van der Waals surface area contributed by atoms with Crippen molar-refractivity contribution in [2.24, 2.45) is 11.7 Å². The second-order valence-corrected chi connectivity index (χ2v) is 14.2. The third-order valence-corrected chi connectivity index (χ3v) is 9.09. The van der Waals surface area contributed by atoms with Crippen molar-refractivity contribution in [1.82, 2.24) is 16.0 Å². The van der Waals surface area contributed by atoms with Crippen LogP contribution in [-0.2, 0) is 39.2 Å². The highest BCUT2D eigenvalue weighted by Gasteiger charge is 2.40. The molecule has 0 bridgehead atoms. The summed E-state index contributed by atoms with van der Waals surface area (Å²) in [6, 6.07) is 4.61. The monoisotopic (exact) mass is 724 g/mol. The van der Waals surface area contributed by atoms with Gasteiger partial charge < -0.3 is 21.7 Å². The van der Waals surface area contributed by atoms with E-state index < -0.39 is 58.1 Å². The predicted molar refractivity (Wildman–Crippen MR) is 171 cm³/mol. The van der Waals surface area contributed by atoms with E-state index in [0.717, 1.165) is 50.8 Å². The zero-order valence-corrected chi connectivity index (χ0v) is 28.6. The fourth-order valence-electron chi connectivity index (χ4n) is 6.12. The van der Waals surface area contributed by atoms with Crippen molar-refractivity contribution in [3.05, 3.63) is 69.8 Å². The van der Waals surface area contributed by atoms with Crippen molar-refractivity contribution in [3.8, 4) is 0 Å². The van der Waals surface area contributed by atoms with Gasteiger partial charge in [-0.1, -0.05) is 30.9 Å². The van der Waals surface area contributed by atoms with Crippen molar-refractivity contribution < 1.29 is 49.1 Å². The number of benzene rings is 2. The highest BCUT2D eigenvalue weighted by Crippen LogP contribution is 2.39. The number of carbonyl (C=O) groups is 2. The number of aryl methyl sites for hydroxylation is 1. The van der Waals surface area contributed by atoms with Gasteiger partial charge in [0, 0.05) is 6.04 Å². The number of nitrogens with one attached hydrogen (secondary N) is 3. The van der Waals surface area contributed by atoms with E-state index in [1.54, 1.807) is 26.8 Å². The number of hydrogen-bond donors (Lipinski definition) is 4. The van der Waals surface area contributed by atoms with E-state index >= 15 is 0 Å². The molecule has 1 saturated heterocycles. The van der Waals surface area contributed by atoms with Crippen molar-refractivity contribution in [2.75, 3.05) is 6.54 Å². The smallest absolute Gasteiger partial charge is 0.347 e. The largest absolute Gasteiger partial charge is 0.416 e. The fraction of sp³-hybridized carbons (Fsp3) is 0.600. The molecule has 4 rings (SSSR count). The molecular formula is C35H45F9N4O2. The molecule has 6 nitrogen and oxygen atoms in total. The van der Waals surface area contributed by atoms with Crippen LogP contribution in [0.3, 0.4) is 0 Å². The van der Waals surface area contributed by atoms with E-state index in [-0.39, 0.29) is 29.6 Å². The average Bonchev–Trinajstić information content (AvgIpc) is 3.00. The first-order valence-corrected chi connectivity index (χ1v) is 16.4. The standard InChI is InChI=1S/C18H22F6N2O.C17H23F3N2O/c1-16(2,26-15(27)13-5-3-4-6-14(13)25)10-7-11(17(19,20)21)9-12(8-10)18(22,23)24;1-11-8-12(10-13(9-11)17(18,19)20)16(2,3)22-15(23)14-6-4-5-7-21-14/h7-9,13-14H,3-6,25H2,1-2H3,(H,26,27);8-10,14,21H,4-7H2,1-3H3,(H,22,23)/t13?,14-;/m0./s1. The topological polar surface area (TPSA) is 96.2 Å². The molecule has 2 amide bonds. The Morgan fingerprint density at radius 2 is 1.02 bits per heavy atom. The van der Waals surface area contributed by atoms with E-state index in [1.807, 2.05) is 0 Å². The van der Waals surface area contributed by atoms with Crippen molar-refractivity contribution >= 4 is 11.8 Å². The molecule has 2 fully saturated rings. The first-order chi connectivity index (χ1) is 22.8. The summed E-state index contributed by atoms with van der Waals surface area (Å²) in [6.45, 7) is 8.61. The Bertz CT molecular complexity index is 1460. The summed E-state index contributed by atoms with van der Waals surface area (Å²) in [7, 11) is 0. The summed E-state index contributed by atoms with van der Waals surface area (Å²) in [5.41, 5.74) is 0.817. The molecule has 0 aromatic heterocycles. The van der Waals surface area contributed by atoms with Crippen LogP contribution in [0.1, 0.15) is 106 Å². The SMILES string of the molecule is CC(C)(NC(=O)C1CCCC[C@@H]1N)c1cc(C(F)(F)F)cc(C(F)(F)F)c1.Cc1cc(C(F)(F)F)cc(C(C)(C)NC(=O)C2CCCCN2)c1. The number of hydrogen-bond acceptors (Lipinski definition) is 4. The Hall–Kier alpha value is -3.33. The summed E-state index contributed by atoms with van der Waals surface area (Å²) in [4.78, 5) is 24.9. The maximum atomic E-state index is 13.1. The van der Waals surface area contributed by atoms with Gasteiger partial charge in [0.15, 0.2) is 0 Å². The van der Waals surface area contributed by atoms with Gasteiger partial charge >= 0.3 is 18.5 Å². The van der Waals surface area contributed by atoms with Gasteiger partial charge in [0.05, 0.1) is 39.7 Å². The van der Waals surface area contributed by atoms with E-state index in [2.05, 4.69) is 16.0 Å². The summed E-state index contributed by atoms with van der Waals surface area (Å²) < 4.78 is 117. The van der Waals surface area contributed by atoms with Gasteiger partial charge in [0.1, 0.15) is 0 Å². The molecule has 2 aliphatic rings. The zero-order chi connectivity index (χ0) is 37.9. The van der Waals surface area contributed by atoms with Gasteiger partial charge in [-0.2, -0.15) is 39.5 Å². The minimum absolute atomic E-state index is 0.0679. The molecular weight excluding hydrogens is 679 g/mol. The first kappa shape index (κ1) is 41.1. The number of nitrogens with two attached hydrogens (primary N) is 1. The highest BCUT2D eigenvalue weighted by molar-refractivity contribution is 5.82. The lowest BCUT2D eigenvalue weighted by atomic mass is 9.83. The molecule has 1 aliphatic carbocycles. The summed E-state index contributed by atoms with van der Waals surface area (Å²) >= 11 is 0. The maximum Gasteiger partial charge on any atom is 0.416 e. The molecule has 280 valence electrons. The Labute approximate surface area is 286 Å². The summed E-state index contributed by atoms with van der Waals surface area (Å²) in [5, 5.41) is 8.60. The maximum absolute atomic E-state index is 13.1. The quantitative estimate of drug-likeness (QED) is 0.227. The predicted octanol–water partition coefficient (Wildman–Crippen LogP) is 8.10. The molecule has 50 heavy (non-hydrogen) atoms. The molecule has 1 heterocycles. The zero-order valence-electron chi connectivity index (χ0n) is 28.6. The molecule has 1 aliphatic heterocycles. The third-order valence-electron chi connectivity index (χ3n) is 9.09. The second kappa shape index (κ2) is 15.5. The van der Waals surface area contributed by atoms with Crippen LogP contribution < -0.4 is 21.7 Å². The van der Waals surface area contributed by atoms with Crippen molar-refractivity contribution in [2.45, 2.75) is 121 Å². The lowest BCUT2D eigenvalue weighted by Gasteiger charge is -2.33.